The molecular weight excluding hydrogens is 111 g/mol. The number of primary amides is 1. The van der Waals surface area contributed by atoms with Gasteiger partial charge in [0, 0.05) is 6.42 Å². The van der Waals surface area contributed by atoms with E-state index in [-0.39, 0.29) is 26.2 Å². The van der Waals surface area contributed by atoms with Crippen LogP contribution >= 0.6 is 0 Å². The monoisotopic (exact) mass is 126 g/mol. The second kappa shape index (κ2) is 15.7. The maximum absolute atomic E-state index is 9.59. The molecule has 52 valence electrons. The first-order chi connectivity index (χ1) is 3.68. The Morgan fingerprint density at radius 2 is 1.78 bits per heavy atom. The van der Waals surface area contributed by atoms with Gasteiger partial charge in [-0.25, -0.2) is 0 Å². The van der Waals surface area contributed by atoms with Gasteiger partial charge in [0.15, 0.2) is 0 Å². The van der Waals surface area contributed by atoms with Gasteiger partial charge in [0.2, 0.25) is 5.91 Å². The molecule has 0 aromatic carbocycles. The van der Waals surface area contributed by atoms with Crippen molar-refractivity contribution in [3.63, 3.8) is 0 Å². The average molecular weight is 126 g/mol. The van der Waals surface area contributed by atoms with Gasteiger partial charge in [0.05, 0.1) is 0 Å². The summed E-state index contributed by atoms with van der Waals surface area (Å²) in [4.78, 5) is 9.59. The Labute approximate surface area is 70.0 Å². The van der Waals surface area contributed by atoms with Gasteiger partial charge in [-0.15, -0.1) is 0 Å². The molecule has 3 nitrogen and oxygen atoms in total. The van der Waals surface area contributed by atoms with Crippen molar-refractivity contribution in [1.29, 1.82) is 0 Å². The zero-order valence-electron chi connectivity index (χ0n) is 7.69. The van der Waals surface area contributed by atoms with Crippen LogP contribution in [0.1, 0.15) is 14.8 Å². The van der Waals surface area contributed by atoms with Crippen LogP contribution in [0, 0.1) is 0 Å². The molecule has 0 heterocycles. The van der Waals surface area contributed by atoms with Gasteiger partial charge in [-0.3, -0.25) is 4.79 Å². The van der Waals surface area contributed by atoms with Crippen molar-refractivity contribution in [3.05, 3.63) is 0 Å². The molecule has 0 saturated heterocycles. The summed E-state index contributed by atoms with van der Waals surface area (Å²) in [7, 11) is 3.75. The number of hydrogen-bond donors (Lipinski definition) is 2. The van der Waals surface area contributed by atoms with E-state index in [0.717, 1.165) is 0 Å². The molecule has 0 bridgehead atoms. The van der Waals surface area contributed by atoms with Gasteiger partial charge in [0.1, 0.15) is 0 Å². The number of rotatable bonds is 1. The van der Waals surface area contributed by atoms with E-state index < -0.39 is 0 Å². The van der Waals surface area contributed by atoms with Gasteiger partial charge in [-0.1, -0.05) is 6.92 Å². The molecule has 0 aromatic rings. The van der Waals surface area contributed by atoms with Crippen LogP contribution in [0.4, 0.5) is 0 Å². The molecule has 0 atom stereocenters. The van der Waals surface area contributed by atoms with E-state index in [1.165, 1.54) is 0 Å². The van der Waals surface area contributed by atoms with Crippen LogP contribution in [0.3, 0.4) is 0 Å². The third-order valence-corrected chi connectivity index (χ3v) is 0.348. The molecule has 0 aliphatic rings. The molecule has 0 rings (SSSR count). The van der Waals surface area contributed by atoms with E-state index in [1.54, 1.807) is 6.92 Å². The van der Waals surface area contributed by atoms with E-state index in [2.05, 4.69) is 11.1 Å². The third-order valence-electron chi connectivity index (χ3n) is 0.348. The van der Waals surface area contributed by atoms with Crippen LogP contribution in [0.2, 0.25) is 0 Å². The second-order valence-electron chi connectivity index (χ2n) is 1.32. The molecule has 0 spiro atoms. The Morgan fingerprint density at radius 3 is 1.78 bits per heavy atom. The van der Waals surface area contributed by atoms with Crippen molar-refractivity contribution in [1.82, 2.24) is 5.32 Å². The molecular formula is C5H15LiN2O. The Balaban J connectivity index is -0.0000000326. The van der Waals surface area contributed by atoms with Crippen molar-refractivity contribution >= 4 is 5.91 Å². The van der Waals surface area contributed by atoms with Crippen LogP contribution < -0.4 is 29.9 Å². The first kappa shape index (κ1) is 16.0. The van der Waals surface area contributed by atoms with Crippen molar-refractivity contribution < 1.29 is 25.1 Å². The largest absolute Gasteiger partial charge is 1.00 e. The molecule has 0 unspecified atom stereocenters. The molecule has 0 aliphatic carbocycles. The second-order valence-corrected chi connectivity index (χ2v) is 1.32. The summed E-state index contributed by atoms with van der Waals surface area (Å²) in [5, 5.41) is 2.75. The third kappa shape index (κ3) is 71.0. The molecule has 9 heavy (non-hydrogen) atoms. The van der Waals surface area contributed by atoms with E-state index in [0.29, 0.717) is 6.42 Å². The van der Waals surface area contributed by atoms with Gasteiger partial charge >= 0.3 is 18.9 Å². The quantitative estimate of drug-likeness (QED) is 0.364. The summed E-state index contributed by atoms with van der Waals surface area (Å²) in [5.41, 5.74) is 4.65. The number of amides is 1. The van der Waals surface area contributed by atoms with Gasteiger partial charge in [-0.2, -0.15) is 0 Å². The first-order valence-electron chi connectivity index (χ1n) is 2.55. The van der Waals surface area contributed by atoms with Crippen molar-refractivity contribution in [2.24, 2.45) is 5.73 Å². The number of nitrogens with two attached hydrogens (primary N) is 1. The summed E-state index contributed by atoms with van der Waals surface area (Å²) in [6.45, 7) is 1.72. The zero-order valence-corrected chi connectivity index (χ0v) is 6.69. The van der Waals surface area contributed by atoms with Crippen molar-refractivity contribution in [2.75, 3.05) is 14.1 Å². The van der Waals surface area contributed by atoms with Crippen LogP contribution in [0.5, 0.6) is 0 Å². The van der Waals surface area contributed by atoms with E-state index in [4.69, 9.17) is 0 Å². The van der Waals surface area contributed by atoms with Gasteiger partial charge < -0.3 is 12.5 Å². The topological polar surface area (TPSA) is 55.1 Å². The molecule has 0 aromatic heterocycles. The SMILES string of the molecule is CCC(N)=O.CNC.[H-].[Li+]. The molecule has 0 fully saturated rings. The smallest absolute Gasteiger partial charge is 1.00 e. The van der Waals surface area contributed by atoms with E-state index >= 15 is 0 Å². The van der Waals surface area contributed by atoms with Crippen LogP contribution in [0.25, 0.3) is 0 Å². The molecule has 4 heteroatoms. The maximum atomic E-state index is 9.59. The van der Waals surface area contributed by atoms with Crippen LogP contribution in [0.15, 0.2) is 0 Å². The summed E-state index contributed by atoms with van der Waals surface area (Å²) in [6.07, 6.45) is 0.444. The molecule has 3 N–H and O–H groups in total. The van der Waals surface area contributed by atoms with Crippen molar-refractivity contribution in [2.45, 2.75) is 13.3 Å². The minimum atomic E-state index is -0.245. The van der Waals surface area contributed by atoms with Crippen LogP contribution in [-0.4, -0.2) is 20.0 Å². The molecule has 0 saturated carbocycles. The Bertz CT molecular complexity index is 63.6. The molecule has 0 radical (unpaired) electrons. The minimum absolute atomic E-state index is 0. The normalized spacial score (nSPS) is 6.11. The Kier molecular flexibility index (Phi) is 27.9. The van der Waals surface area contributed by atoms with Crippen LogP contribution in [-0.2, 0) is 4.79 Å². The van der Waals surface area contributed by atoms with E-state index in [9.17, 15) is 4.79 Å². The summed E-state index contributed by atoms with van der Waals surface area (Å²) in [5.74, 6) is -0.245. The maximum Gasteiger partial charge on any atom is 1.00 e. The standard InChI is InChI=1S/C3H7NO.C2H7N.Li.H/c1-2-3(4)5;1-3-2;;/h2H2,1H3,(H2,4,5);3H,1-2H3;;/q;;+1;-1. The molecule has 1 amide bonds. The molecule has 0 aliphatic heterocycles. The summed E-state index contributed by atoms with van der Waals surface area (Å²) < 4.78 is 0. The van der Waals surface area contributed by atoms with Crippen molar-refractivity contribution in [3.8, 4) is 0 Å². The van der Waals surface area contributed by atoms with Gasteiger partial charge in [0.25, 0.3) is 0 Å². The minimum Gasteiger partial charge on any atom is -1.00 e. The zero-order chi connectivity index (χ0) is 6.99. The number of carbonyl (C=O) groups excluding carboxylic acids is 1. The van der Waals surface area contributed by atoms with E-state index in [1.807, 2.05) is 14.1 Å². The average Bonchev–Trinajstić information content (AvgIpc) is 1.69. The Morgan fingerprint density at radius 1 is 1.67 bits per heavy atom. The fraction of sp³-hybridized carbons (Fsp3) is 0.800. The van der Waals surface area contributed by atoms with Gasteiger partial charge in [-0.05, 0) is 14.1 Å². The summed E-state index contributed by atoms with van der Waals surface area (Å²) in [6, 6.07) is 0. The first-order valence-corrected chi connectivity index (χ1v) is 2.55. The fourth-order valence-corrected chi connectivity index (χ4v) is 0. The Hall–Kier alpha value is 0.0274. The predicted molar refractivity (Wildman–Crippen MR) is 35.6 cm³/mol. The summed E-state index contributed by atoms with van der Waals surface area (Å²) >= 11 is 0. The number of carbonyl (C=O) groups is 1. The fourth-order valence-electron chi connectivity index (χ4n) is 0. The number of hydrogen-bond acceptors (Lipinski definition) is 2. The predicted octanol–water partition coefficient (Wildman–Crippen LogP) is -3.17. The number of nitrogens with one attached hydrogen (secondary N) is 1.